The predicted molar refractivity (Wildman–Crippen MR) is 122 cm³/mol. The zero-order chi connectivity index (χ0) is 24.2. The lowest BCUT2D eigenvalue weighted by molar-refractivity contribution is -0.151. The minimum Gasteiger partial charge on any atom is -0.477 e. The van der Waals surface area contributed by atoms with E-state index in [0.29, 0.717) is 16.9 Å². The molecule has 1 aromatic carbocycles. The van der Waals surface area contributed by atoms with Crippen molar-refractivity contribution < 1.29 is 29.0 Å². The van der Waals surface area contributed by atoms with Gasteiger partial charge >= 0.3 is 5.97 Å². The van der Waals surface area contributed by atoms with E-state index in [1.807, 2.05) is 0 Å². The van der Waals surface area contributed by atoms with Crippen molar-refractivity contribution in [1.82, 2.24) is 20.5 Å². The van der Waals surface area contributed by atoms with Crippen LogP contribution in [0, 0.1) is 0 Å². The SMILES string of the molecule is CC1=C(C(=O)O)N2C(=O)C(NC(=O)C(NC(=O)COc3ccccn3)c3ccccc3)[C@H]2SC1. The zero-order valence-electron chi connectivity index (χ0n) is 18.1. The van der Waals surface area contributed by atoms with E-state index in [1.54, 1.807) is 55.5 Å². The Labute approximate surface area is 199 Å². The minimum atomic E-state index is -1.18. The first-order chi connectivity index (χ1) is 16.4. The highest BCUT2D eigenvalue weighted by Crippen LogP contribution is 2.40. The Morgan fingerprint density at radius 2 is 1.94 bits per heavy atom. The first kappa shape index (κ1) is 23.3. The number of pyridine rings is 1. The Bertz CT molecular complexity index is 1140. The molecule has 2 unspecified atom stereocenters. The van der Waals surface area contributed by atoms with E-state index in [2.05, 4.69) is 15.6 Å². The summed E-state index contributed by atoms with van der Waals surface area (Å²) in [6, 6.07) is 11.7. The van der Waals surface area contributed by atoms with Gasteiger partial charge in [-0.25, -0.2) is 9.78 Å². The summed E-state index contributed by atoms with van der Waals surface area (Å²) in [5, 5.41) is 14.3. The van der Waals surface area contributed by atoms with Crippen LogP contribution in [0.5, 0.6) is 5.88 Å². The van der Waals surface area contributed by atoms with Gasteiger partial charge in [0.05, 0.1) is 0 Å². The normalized spacial score (nSPS) is 20.0. The minimum absolute atomic E-state index is 0.0427. The molecule has 0 spiro atoms. The predicted octanol–water partition coefficient (Wildman–Crippen LogP) is 1.08. The number of carboxylic acid groups (broad SMARTS) is 1. The maximum Gasteiger partial charge on any atom is 0.352 e. The van der Waals surface area contributed by atoms with E-state index < -0.39 is 41.1 Å². The van der Waals surface area contributed by atoms with E-state index in [1.165, 1.54) is 22.9 Å². The van der Waals surface area contributed by atoms with Crippen LogP contribution >= 0.6 is 11.8 Å². The number of benzene rings is 1. The number of hydrogen-bond donors (Lipinski definition) is 3. The number of carboxylic acids is 1. The van der Waals surface area contributed by atoms with Crippen LogP contribution in [0.2, 0.25) is 0 Å². The van der Waals surface area contributed by atoms with Gasteiger partial charge in [0.1, 0.15) is 23.2 Å². The molecular weight excluding hydrogens is 460 g/mol. The number of nitrogens with zero attached hydrogens (tertiary/aromatic N) is 2. The van der Waals surface area contributed by atoms with Gasteiger partial charge in [0, 0.05) is 18.0 Å². The average Bonchev–Trinajstić information content (AvgIpc) is 2.85. The molecule has 0 aliphatic carbocycles. The number of rotatable bonds is 8. The van der Waals surface area contributed by atoms with Crippen molar-refractivity contribution in [2.24, 2.45) is 0 Å². The molecule has 1 aromatic heterocycles. The molecule has 0 bridgehead atoms. The molecule has 3 heterocycles. The van der Waals surface area contributed by atoms with Gasteiger partial charge < -0.3 is 20.5 Å². The maximum absolute atomic E-state index is 13.2. The number of carbonyl (C=O) groups excluding carboxylic acids is 3. The fourth-order valence-electron chi connectivity index (χ4n) is 3.73. The number of carbonyl (C=O) groups is 4. The number of nitrogens with one attached hydrogen (secondary N) is 2. The summed E-state index contributed by atoms with van der Waals surface area (Å²) in [5.74, 6) is -2.10. The lowest BCUT2D eigenvalue weighted by Gasteiger charge is -2.49. The van der Waals surface area contributed by atoms with Crippen LogP contribution in [-0.4, -0.2) is 62.5 Å². The quantitative estimate of drug-likeness (QED) is 0.475. The number of aliphatic carboxylic acids is 1. The van der Waals surface area contributed by atoms with Crippen molar-refractivity contribution in [1.29, 1.82) is 0 Å². The summed E-state index contributed by atoms with van der Waals surface area (Å²) in [5.41, 5.74) is 1.07. The molecule has 3 N–H and O–H groups in total. The van der Waals surface area contributed by atoms with Crippen molar-refractivity contribution >= 4 is 35.5 Å². The van der Waals surface area contributed by atoms with Gasteiger partial charge in [-0.05, 0) is 24.1 Å². The van der Waals surface area contributed by atoms with E-state index >= 15 is 0 Å². The van der Waals surface area contributed by atoms with Gasteiger partial charge in [0.15, 0.2) is 6.61 Å². The standard InChI is InChI=1S/C23H22N4O6S/c1-13-12-34-22-18(21(30)27(22)19(13)23(31)32)26-20(29)17(14-7-3-2-4-8-14)25-15(28)11-33-16-9-5-6-10-24-16/h2-10,17-18,22H,11-12H2,1H3,(H,25,28)(H,26,29)(H,31,32)/t17?,18?,22-/m1/s1. The molecule has 2 aromatic rings. The lowest BCUT2D eigenvalue weighted by Crippen LogP contribution is -2.71. The second-order valence-electron chi connectivity index (χ2n) is 7.70. The Balaban J connectivity index is 1.45. The number of ether oxygens (including phenoxy) is 1. The Morgan fingerprint density at radius 3 is 2.62 bits per heavy atom. The zero-order valence-corrected chi connectivity index (χ0v) is 19.0. The van der Waals surface area contributed by atoms with Crippen molar-refractivity contribution in [3.05, 3.63) is 71.6 Å². The van der Waals surface area contributed by atoms with E-state index in [9.17, 15) is 24.3 Å². The molecule has 4 rings (SSSR count). The van der Waals surface area contributed by atoms with Crippen LogP contribution in [0.15, 0.2) is 66.0 Å². The van der Waals surface area contributed by atoms with Crippen LogP contribution < -0.4 is 15.4 Å². The summed E-state index contributed by atoms with van der Waals surface area (Å²) in [7, 11) is 0. The Morgan fingerprint density at radius 1 is 1.21 bits per heavy atom. The summed E-state index contributed by atoms with van der Waals surface area (Å²) in [4.78, 5) is 55.2. The molecule has 3 amide bonds. The monoisotopic (exact) mass is 482 g/mol. The van der Waals surface area contributed by atoms with Gasteiger partial charge in [-0.3, -0.25) is 19.3 Å². The van der Waals surface area contributed by atoms with Crippen molar-refractivity contribution in [2.45, 2.75) is 24.4 Å². The molecule has 3 atom stereocenters. The first-order valence-corrected chi connectivity index (χ1v) is 11.5. The van der Waals surface area contributed by atoms with Gasteiger partial charge in [-0.1, -0.05) is 36.4 Å². The van der Waals surface area contributed by atoms with Crippen LogP contribution in [0.3, 0.4) is 0 Å². The number of thioether (sulfide) groups is 1. The molecule has 1 fully saturated rings. The Hall–Kier alpha value is -3.86. The summed E-state index contributed by atoms with van der Waals surface area (Å²) < 4.78 is 5.35. The van der Waals surface area contributed by atoms with Crippen LogP contribution in [0.25, 0.3) is 0 Å². The summed E-state index contributed by atoms with van der Waals surface area (Å²) >= 11 is 1.38. The summed E-state index contributed by atoms with van der Waals surface area (Å²) in [6.07, 6.45) is 1.53. The molecule has 34 heavy (non-hydrogen) atoms. The van der Waals surface area contributed by atoms with Crippen molar-refractivity contribution in [3.8, 4) is 5.88 Å². The van der Waals surface area contributed by atoms with E-state index in [4.69, 9.17) is 4.74 Å². The lowest BCUT2D eigenvalue weighted by atomic mass is 10.0. The third-order valence-corrected chi connectivity index (χ3v) is 6.77. The molecule has 176 valence electrons. The second kappa shape index (κ2) is 9.96. The highest BCUT2D eigenvalue weighted by atomic mass is 32.2. The molecule has 2 aliphatic heterocycles. The molecule has 2 aliphatic rings. The summed E-state index contributed by atoms with van der Waals surface area (Å²) in [6.45, 7) is 1.31. The molecule has 1 saturated heterocycles. The third-order valence-electron chi connectivity index (χ3n) is 5.35. The molecule has 0 radical (unpaired) electrons. The van der Waals surface area contributed by atoms with Crippen LogP contribution in [-0.2, 0) is 19.2 Å². The van der Waals surface area contributed by atoms with Gasteiger partial charge in [0.2, 0.25) is 11.8 Å². The van der Waals surface area contributed by atoms with Gasteiger partial charge in [0.25, 0.3) is 11.8 Å². The number of aromatic nitrogens is 1. The van der Waals surface area contributed by atoms with Crippen LogP contribution in [0.1, 0.15) is 18.5 Å². The van der Waals surface area contributed by atoms with Crippen molar-refractivity contribution in [2.75, 3.05) is 12.4 Å². The molecule has 0 saturated carbocycles. The van der Waals surface area contributed by atoms with Gasteiger partial charge in [-0.15, -0.1) is 11.8 Å². The molecular formula is C23H22N4O6S. The number of amides is 3. The number of hydrogen-bond acceptors (Lipinski definition) is 7. The van der Waals surface area contributed by atoms with Crippen molar-refractivity contribution in [3.63, 3.8) is 0 Å². The van der Waals surface area contributed by atoms with Crippen LogP contribution in [0.4, 0.5) is 0 Å². The number of fused-ring (bicyclic) bond motifs is 1. The molecule has 11 heteroatoms. The Kier molecular flexibility index (Phi) is 6.82. The fraction of sp³-hybridized carbons (Fsp3) is 0.261. The van der Waals surface area contributed by atoms with E-state index in [-0.39, 0.29) is 18.2 Å². The topological polar surface area (TPSA) is 138 Å². The largest absolute Gasteiger partial charge is 0.477 e. The highest BCUT2D eigenvalue weighted by Gasteiger charge is 2.54. The maximum atomic E-state index is 13.2. The number of β-lactam (4-membered cyclic amide) rings is 1. The third kappa shape index (κ3) is 4.74. The fourth-order valence-corrected chi connectivity index (χ4v) is 5.03. The average molecular weight is 483 g/mol. The highest BCUT2D eigenvalue weighted by molar-refractivity contribution is 8.00. The second-order valence-corrected chi connectivity index (χ2v) is 8.80. The first-order valence-electron chi connectivity index (χ1n) is 10.4. The smallest absolute Gasteiger partial charge is 0.352 e. The van der Waals surface area contributed by atoms with Gasteiger partial charge in [-0.2, -0.15) is 0 Å². The molecule has 10 nitrogen and oxygen atoms in total. The van der Waals surface area contributed by atoms with E-state index in [0.717, 1.165) is 0 Å².